The fourth-order valence-electron chi connectivity index (χ4n) is 2.17. The highest BCUT2D eigenvalue weighted by molar-refractivity contribution is 4.88. The lowest BCUT2D eigenvalue weighted by molar-refractivity contribution is -0.344. The van der Waals surface area contributed by atoms with Crippen molar-refractivity contribution in [3.63, 3.8) is 0 Å². The van der Waals surface area contributed by atoms with Crippen molar-refractivity contribution in [1.82, 2.24) is 0 Å². The molecule has 2 aliphatic heterocycles. The van der Waals surface area contributed by atoms with Crippen molar-refractivity contribution in [1.29, 1.82) is 0 Å². The molecule has 0 amide bonds. The van der Waals surface area contributed by atoms with Gasteiger partial charge in [-0.3, -0.25) is 0 Å². The van der Waals surface area contributed by atoms with Crippen LogP contribution in [0.25, 0.3) is 0 Å². The van der Waals surface area contributed by atoms with Crippen LogP contribution in [0.1, 0.15) is 27.7 Å². The summed E-state index contributed by atoms with van der Waals surface area (Å²) >= 11 is 0. The maximum absolute atomic E-state index is 9.83. The monoisotopic (exact) mass is 276 g/mol. The molecular formula is C13H24O6. The molecule has 2 rings (SSSR count). The van der Waals surface area contributed by atoms with E-state index >= 15 is 0 Å². The second-order valence-electron chi connectivity index (χ2n) is 6.72. The third-order valence-electron chi connectivity index (χ3n) is 3.32. The third kappa shape index (κ3) is 3.45. The molecule has 2 aliphatic rings. The molecule has 1 spiro atoms. The summed E-state index contributed by atoms with van der Waals surface area (Å²) in [4.78, 5) is 0. The molecular weight excluding hydrogens is 252 g/mol. The van der Waals surface area contributed by atoms with E-state index in [1.807, 2.05) is 0 Å². The molecule has 2 heterocycles. The molecule has 0 saturated carbocycles. The molecule has 0 bridgehead atoms. The minimum Gasteiger partial charge on any atom is -0.385 e. The summed E-state index contributed by atoms with van der Waals surface area (Å²) in [5.41, 5.74) is -2.43. The molecule has 19 heavy (non-hydrogen) atoms. The van der Waals surface area contributed by atoms with Crippen molar-refractivity contribution in [2.24, 2.45) is 5.41 Å². The van der Waals surface area contributed by atoms with E-state index in [1.165, 1.54) is 0 Å². The van der Waals surface area contributed by atoms with Crippen molar-refractivity contribution in [2.45, 2.75) is 51.5 Å². The summed E-state index contributed by atoms with van der Waals surface area (Å²) < 4.78 is 22.2. The van der Waals surface area contributed by atoms with Crippen molar-refractivity contribution < 1.29 is 29.2 Å². The van der Waals surface area contributed by atoms with Crippen molar-refractivity contribution in [3.8, 4) is 0 Å². The van der Waals surface area contributed by atoms with Gasteiger partial charge in [0, 0.05) is 0 Å². The van der Waals surface area contributed by atoms with Gasteiger partial charge in [-0.15, -0.1) is 0 Å². The van der Waals surface area contributed by atoms with Gasteiger partial charge in [-0.1, -0.05) is 0 Å². The predicted molar refractivity (Wildman–Crippen MR) is 66.4 cm³/mol. The smallest absolute Gasteiger partial charge is 0.185 e. The van der Waals surface area contributed by atoms with E-state index in [0.29, 0.717) is 26.4 Å². The van der Waals surface area contributed by atoms with E-state index in [0.717, 1.165) is 0 Å². The van der Waals surface area contributed by atoms with Gasteiger partial charge in [-0.05, 0) is 27.7 Å². The Morgan fingerprint density at radius 3 is 1.21 bits per heavy atom. The largest absolute Gasteiger partial charge is 0.385 e. The van der Waals surface area contributed by atoms with Crippen LogP contribution in [0.2, 0.25) is 0 Å². The van der Waals surface area contributed by atoms with Gasteiger partial charge in [-0.2, -0.15) is 0 Å². The predicted octanol–water partition coefficient (Wildman–Crippen LogP) is 0.260. The van der Waals surface area contributed by atoms with Gasteiger partial charge < -0.3 is 29.2 Å². The third-order valence-corrected chi connectivity index (χ3v) is 3.32. The molecule has 2 fully saturated rings. The number of aliphatic hydroxyl groups is 2. The SMILES string of the molecule is CC(C)(O)C1OCC2(CO1)COC(C(C)(C)O)OC2. The summed E-state index contributed by atoms with van der Waals surface area (Å²) in [5, 5.41) is 19.7. The van der Waals surface area contributed by atoms with E-state index in [2.05, 4.69) is 0 Å². The fraction of sp³-hybridized carbons (Fsp3) is 1.00. The van der Waals surface area contributed by atoms with Crippen molar-refractivity contribution in [3.05, 3.63) is 0 Å². The maximum atomic E-state index is 9.83. The second-order valence-corrected chi connectivity index (χ2v) is 6.72. The lowest BCUT2D eigenvalue weighted by atomic mass is 9.89. The fourth-order valence-corrected chi connectivity index (χ4v) is 2.17. The summed E-state index contributed by atoms with van der Waals surface area (Å²) in [6.45, 7) is 8.20. The molecule has 0 unspecified atom stereocenters. The molecule has 6 nitrogen and oxygen atoms in total. The number of hydrogen-bond donors (Lipinski definition) is 2. The Balaban J connectivity index is 1.88. The Hall–Kier alpha value is -0.240. The van der Waals surface area contributed by atoms with Crippen LogP contribution in [0.15, 0.2) is 0 Å². The number of hydrogen-bond acceptors (Lipinski definition) is 6. The van der Waals surface area contributed by atoms with Gasteiger partial charge in [0.05, 0.1) is 31.8 Å². The highest BCUT2D eigenvalue weighted by Crippen LogP contribution is 2.34. The van der Waals surface area contributed by atoms with Crippen LogP contribution in [-0.2, 0) is 18.9 Å². The molecule has 6 heteroatoms. The standard InChI is InChI=1S/C13H24O6/c1-11(2,14)9-16-5-13(6-17-9)7-18-10(19-8-13)12(3,4)15/h9-10,14-15H,5-8H2,1-4H3. The second kappa shape index (κ2) is 4.95. The Bertz CT molecular complexity index is 265. The Kier molecular flexibility index (Phi) is 3.94. The molecule has 0 aliphatic carbocycles. The first-order valence-electron chi connectivity index (χ1n) is 6.54. The van der Waals surface area contributed by atoms with Crippen LogP contribution < -0.4 is 0 Å². The highest BCUT2D eigenvalue weighted by Gasteiger charge is 2.46. The molecule has 2 saturated heterocycles. The van der Waals surface area contributed by atoms with Crippen LogP contribution in [0, 0.1) is 5.41 Å². The zero-order valence-electron chi connectivity index (χ0n) is 12.0. The zero-order valence-corrected chi connectivity index (χ0v) is 12.0. The van der Waals surface area contributed by atoms with Gasteiger partial charge in [0.2, 0.25) is 0 Å². The van der Waals surface area contributed by atoms with E-state index in [-0.39, 0.29) is 5.41 Å². The van der Waals surface area contributed by atoms with Gasteiger partial charge >= 0.3 is 0 Å². The molecule has 0 atom stereocenters. The lowest BCUT2D eigenvalue weighted by Gasteiger charge is -2.47. The molecule has 0 radical (unpaired) electrons. The maximum Gasteiger partial charge on any atom is 0.185 e. The van der Waals surface area contributed by atoms with Gasteiger partial charge in [-0.25, -0.2) is 0 Å². The summed E-state index contributed by atoms with van der Waals surface area (Å²) in [5.74, 6) is 0. The first-order chi connectivity index (χ1) is 8.62. The van der Waals surface area contributed by atoms with Crippen LogP contribution in [0.5, 0.6) is 0 Å². The van der Waals surface area contributed by atoms with E-state index in [9.17, 15) is 10.2 Å². The average Bonchev–Trinajstić information content (AvgIpc) is 2.27. The first-order valence-corrected chi connectivity index (χ1v) is 6.54. The van der Waals surface area contributed by atoms with Crippen molar-refractivity contribution >= 4 is 0 Å². The summed E-state index contributed by atoms with van der Waals surface area (Å²) in [7, 11) is 0. The van der Waals surface area contributed by atoms with Gasteiger partial charge in [0.1, 0.15) is 11.2 Å². The average molecular weight is 276 g/mol. The first kappa shape index (κ1) is 15.2. The quantitative estimate of drug-likeness (QED) is 0.753. The summed E-state index contributed by atoms with van der Waals surface area (Å²) in [6, 6.07) is 0. The lowest BCUT2D eigenvalue weighted by Crippen LogP contribution is -2.58. The van der Waals surface area contributed by atoms with E-state index in [1.54, 1.807) is 27.7 Å². The van der Waals surface area contributed by atoms with Crippen LogP contribution >= 0.6 is 0 Å². The Morgan fingerprint density at radius 2 is 1.00 bits per heavy atom. The van der Waals surface area contributed by atoms with E-state index < -0.39 is 23.8 Å². The molecule has 0 aromatic heterocycles. The van der Waals surface area contributed by atoms with E-state index in [4.69, 9.17) is 18.9 Å². The summed E-state index contributed by atoms with van der Waals surface area (Å²) in [6.07, 6.45) is -1.27. The Labute approximate surface area is 113 Å². The van der Waals surface area contributed by atoms with Crippen LogP contribution in [0.3, 0.4) is 0 Å². The highest BCUT2D eigenvalue weighted by atomic mass is 16.7. The molecule has 112 valence electrons. The van der Waals surface area contributed by atoms with Gasteiger partial charge in [0.25, 0.3) is 0 Å². The number of rotatable bonds is 2. The van der Waals surface area contributed by atoms with Crippen molar-refractivity contribution in [2.75, 3.05) is 26.4 Å². The molecule has 0 aromatic carbocycles. The zero-order chi connectivity index (χ0) is 14.3. The molecule has 2 N–H and O–H groups in total. The topological polar surface area (TPSA) is 77.4 Å². The van der Waals surface area contributed by atoms with Gasteiger partial charge in [0.15, 0.2) is 12.6 Å². The Morgan fingerprint density at radius 1 is 0.737 bits per heavy atom. The van der Waals surface area contributed by atoms with Crippen LogP contribution in [0.4, 0.5) is 0 Å². The minimum atomic E-state index is -1.03. The normalized spacial score (nSPS) is 37.6. The minimum absolute atomic E-state index is 0.358. The number of ether oxygens (including phenoxy) is 4. The molecule has 0 aromatic rings. The van der Waals surface area contributed by atoms with Crippen LogP contribution in [-0.4, -0.2) is 60.4 Å².